The summed E-state index contributed by atoms with van der Waals surface area (Å²) in [6, 6.07) is 7.35. The van der Waals surface area contributed by atoms with Crippen LogP contribution >= 0.6 is 15.9 Å². The second-order valence-corrected chi connectivity index (χ2v) is 4.23. The van der Waals surface area contributed by atoms with Crippen molar-refractivity contribution >= 4 is 21.7 Å². The van der Waals surface area contributed by atoms with Gasteiger partial charge in [0.1, 0.15) is 11.6 Å². The molecule has 5 heteroatoms. The molecular formula is C11H8BrFN2O. The van der Waals surface area contributed by atoms with Gasteiger partial charge in [-0.2, -0.15) is 0 Å². The molecule has 0 saturated carbocycles. The number of hydrogen-bond acceptors (Lipinski definition) is 2. The SMILES string of the molecule is Nc1cc(-c2cc(Br)ccc2F)cc(=O)[nH]1. The van der Waals surface area contributed by atoms with Crippen LogP contribution in [0.3, 0.4) is 0 Å². The van der Waals surface area contributed by atoms with Crippen LogP contribution in [-0.4, -0.2) is 4.98 Å². The van der Waals surface area contributed by atoms with Gasteiger partial charge in [0.25, 0.3) is 0 Å². The molecule has 0 aliphatic heterocycles. The third-order valence-electron chi connectivity index (χ3n) is 2.10. The molecule has 1 aromatic carbocycles. The number of rotatable bonds is 1. The number of anilines is 1. The zero-order valence-corrected chi connectivity index (χ0v) is 9.71. The van der Waals surface area contributed by atoms with E-state index < -0.39 is 5.82 Å². The van der Waals surface area contributed by atoms with Crippen molar-refractivity contribution in [3.8, 4) is 11.1 Å². The fourth-order valence-corrected chi connectivity index (χ4v) is 1.80. The van der Waals surface area contributed by atoms with E-state index in [4.69, 9.17) is 5.73 Å². The second-order valence-electron chi connectivity index (χ2n) is 3.31. The molecule has 0 amide bonds. The van der Waals surface area contributed by atoms with Crippen molar-refractivity contribution in [1.82, 2.24) is 4.98 Å². The first kappa shape index (κ1) is 10.9. The summed E-state index contributed by atoms with van der Waals surface area (Å²) >= 11 is 3.25. The first-order valence-corrected chi connectivity index (χ1v) is 5.31. The fraction of sp³-hybridized carbons (Fsp3) is 0. The number of nitrogen functional groups attached to an aromatic ring is 1. The molecule has 2 rings (SSSR count). The third kappa shape index (κ3) is 2.14. The maximum atomic E-state index is 13.5. The fourth-order valence-electron chi connectivity index (χ4n) is 1.44. The quantitative estimate of drug-likeness (QED) is 0.844. The number of nitrogens with two attached hydrogens (primary N) is 1. The lowest BCUT2D eigenvalue weighted by atomic mass is 10.1. The van der Waals surface area contributed by atoms with Gasteiger partial charge >= 0.3 is 0 Å². The van der Waals surface area contributed by atoms with E-state index in [1.54, 1.807) is 12.1 Å². The number of hydrogen-bond donors (Lipinski definition) is 2. The van der Waals surface area contributed by atoms with Gasteiger partial charge in [-0.25, -0.2) is 4.39 Å². The molecule has 1 aromatic heterocycles. The molecule has 0 atom stereocenters. The number of aromatic nitrogens is 1. The average molecular weight is 283 g/mol. The minimum Gasteiger partial charge on any atom is -0.385 e. The molecule has 2 aromatic rings. The van der Waals surface area contributed by atoms with Crippen LogP contribution in [0.1, 0.15) is 0 Å². The maximum absolute atomic E-state index is 13.5. The Labute approximate surface area is 99.2 Å². The summed E-state index contributed by atoms with van der Waals surface area (Å²) in [4.78, 5) is 13.6. The lowest BCUT2D eigenvalue weighted by molar-refractivity contribution is 0.631. The highest BCUT2D eigenvalue weighted by molar-refractivity contribution is 9.10. The molecule has 0 bridgehead atoms. The van der Waals surface area contributed by atoms with E-state index in [0.717, 1.165) is 4.47 Å². The molecule has 3 N–H and O–H groups in total. The number of aromatic amines is 1. The Morgan fingerprint density at radius 1 is 1.25 bits per heavy atom. The Morgan fingerprint density at radius 3 is 2.69 bits per heavy atom. The van der Waals surface area contributed by atoms with E-state index in [9.17, 15) is 9.18 Å². The van der Waals surface area contributed by atoms with Crippen molar-refractivity contribution in [2.75, 3.05) is 5.73 Å². The predicted octanol–water partition coefficient (Wildman–Crippen LogP) is 2.53. The number of benzene rings is 1. The van der Waals surface area contributed by atoms with Crippen molar-refractivity contribution in [1.29, 1.82) is 0 Å². The van der Waals surface area contributed by atoms with Crippen molar-refractivity contribution in [3.63, 3.8) is 0 Å². The van der Waals surface area contributed by atoms with Gasteiger partial charge in [-0.15, -0.1) is 0 Å². The highest BCUT2D eigenvalue weighted by Crippen LogP contribution is 2.25. The largest absolute Gasteiger partial charge is 0.385 e. The van der Waals surface area contributed by atoms with Crippen molar-refractivity contribution < 1.29 is 4.39 Å². The average Bonchev–Trinajstić information content (AvgIpc) is 2.20. The second kappa shape index (κ2) is 4.09. The van der Waals surface area contributed by atoms with Crippen LogP contribution in [0.5, 0.6) is 0 Å². The summed E-state index contributed by atoms with van der Waals surface area (Å²) in [5.74, 6) is -0.185. The maximum Gasteiger partial charge on any atom is 0.250 e. The molecule has 16 heavy (non-hydrogen) atoms. The summed E-state index contributed by atoms with van der Waals surface area (Å²) in [5, 5.41) is 0. The Kier molecular flexibility index (Phi) is 2.78. The van der Waals surface area contributed by atoms with E-state index in [1.807, 2.05) is 0 Å². The van der Waals surface area contributed by atoms with E-state index in [2.05, 4.69) is 20.9 Å². The lowest BCUT2D eigenvalue weighted by Gasteiger charge is -2.04. The highest BCUT2D eigenvalue weighted by atomic mass is 79.9. The Morgan fingerprint density at radius 2 is 2.00 bits per heavy atom. The normalized spacial score (nSPS) is 10.4. The molecular weight excluding hydrogens is 275 g/mol. The van der Waals surface area contributed by atoms with Gasteiger partial charge in [0.05, 0.1) is 0 Å². The molecule has 0 aliphatic carbocycles. The van der Waals surface area contributed by atoms with Crippen LogP contribution in [0.25, 0.3) is 11.1 Å². The zero-order chi connectivity index (χ0) is 11.7. The van der Waals surface area contributed by atoms with Crippen molar-refractivity contribution in [2.24, 2.45) is 0 Å². The molecule has 3 nitrogen and oxygen atoms in total. The Bertz CT molecular complexity index is 595. The van der Waals surface area contributed by atoms with E-state index in [-0.39, 0.29) is 11.4 Å². The molecule has 0 aliphatic rings. The van der Waals surface area contributed by atoms with Crippen LogP contribution in [0.15, 0.2) is 39.6 Å². The summed E-state index contributed by atoms with van der Waals surface area (Å²) in [7, 11) is 0. The van der Waals surface area contributed by atoms with Crippen LogP contribution < -0.4 is 11.3 Å². The van der Waals surface area contributed by atoms with E-state index in [1.165, 1.54) is 18.2 Å². The number of halogens is 2. The van der Waals surface area contributed by atoms with E-state index >= 15 is 0 Å². The topological polar surface area (TPSA) is 58.9 Å². The van der Waals surface area contributed by atoms with Crippen LogP contribution in [0.4, 0.5) is 10.2 Å². The molecule has 82 valence electrons. The van der Waals surface area contributed by atoms with Crippen LogP contribution in [0, 0.1) is 5.82 Å². The van der Waals surface area contributed by atoms with Crippen molar-refractivity contribution in [3.05, 3.63) is 51.0 Å². The predicted molar refractivity (Wildman–Crippen MR) is 64.6 cm³/mol. The first-order valence-electron chi connectivity index (χ1n) is 4.51. The van der Waals surface area contributed by atoms with E-state index in [0.29, 0.717) is 11.1 Å². The van der Waals surface area contributed by atoms with Gasteiger partial charge in [0.2, 0.25) is 5.56 Å². The Hall–Kier alpha value is -1.62. The van der Waals surface area contributed by atoms with Gasteiger partial charge in [-0.3, -0.25) is 4.79 Å². The first-order chi connectivity index (χ1) is 7.56. The third-order valence-corrected chi connectivity index (χ3v) is 2.60. The van der Waals surface area contributed by atoms with Gasteiger partial charge in [0.15, 0.2) is 0 Å². The number of nitrogens with one attached hydrogen (secondary N) is 1. The lowest BCUT2D eigenvalue weighted by Crippen LogP contribution is -2.07. The molecule has 0 spiro atoms. The standard InChI is InChI=1S/C11H8BrFN2O/c12-7-1-2-9(13)8(5-7)6-3-10(14)15-11(16)4-6/h1-5H,(H3,14,15,16). The van der Waals surface area contributed by atoms with Gasteiger partial charge in [0, 0.05) is 16.1 Å². The highest BCUT2D eigenvalue weighted by Gasteiger charge is 2.07. The molecule has 0 unspecified atom stereocenters. The number of pyridine rings is 1. The minimum atomic E-state index is -0.395. The monoisotopic (exact) mass is 282 g/mol. The zero-order valence-electron chi connectivity index (χ0n) is 8.13. The minimum absolute atomic E-state index is 0.210. The van der Waals surface area contributed by atoms with Crippen molar-refractivity contribution in [2.45, 2.75) is 0 Å². The van der Waals surface area contributed by atoms with Crippen LogP contribution in [0.2, 0.25) is 0 Å². The van der Waals surface area contributed by atoms with Crippen LogP contribution in [-0.2, 0) is 0 Å². The smallest absolute Gasteiger partial charge is 0.250 e. The summed E-state index contributed by atoms with van der Waals surface area (Å²) < 4.78 is 14.3. The molecule has 0 radical (unpaired) electrons. The van der Waals surface area contributed by atoms with Gasteiger partial charge < -0.3 is 10.7 Å². The Balaban J connectivity index is 2.66. The summed E-state index contributed by atoms with van der Waals surface area (Å²) in [6.45, 7) is 0. The number of H-pyrrole nitrogens is 1. The molecule has 0 saturated heterocycles. The summed E-state index contributed by atoms with van der Waals surface area (Å²) in [6.07, 6.45) is 0. The molecule has 1 heterocycles. The van der Waals surface area contributed by atoms with Gasteiger partial charge in [-0.1, -0.05) is 15.9 Å². The van der Waals surface area contributed by atoms with Gasteiger partial charge in [-0.05, 0) is 29.8 Å². The summed E-state index contributed by atoms with van der Waals surface area (Å²) in [5.41, 5.74) is 5.94. The molecule has 0 fully saturated rings.